The second-order valence-electron chi connectivity index (χ2n) is 9.38. The van der Waals surface area contributed by atoms with E-state index in [1.807, 2.05) is 6.07 Å². The van der Waals surface area contributed by atoms with Gasteiger partial charge in [-0.25, -0.2) is 9.37 Å². The Morgan fingerprint density at radius 1 is 1.17 bits per heavy atom. The summed E-state index contributed by atoms with van der Waals surface area (Å²) in [4.78, 5) is 8.76. The Balaban J connectivity index is 1.36. The molecule has 2 aromatic rings. The summed E-state index contributed by atoms with van der Waals surface area (Å²) in [5.41, 5.74) is 7.59. The lowest BCUT2D eigenvalue weighted by Crippen LogP contribution is -2.59. The van der Waals surface area contributed by atoms with Gasteiger partial charge in [-0.1, -0.05) is 0 Å². The van der Waals surface area contributed by atoms with E-state index in [1.165, 1.54) is 6.20 Å². The summed E-state index contributed by atoms with van der Waals surface area (Å²) in [7, 11) is 0. The quantitative estimate of drug-likeness (QED) is 0.741. The van der Waals surface area contributed by atoms with Crippen LogP contribution in [0.2, 0.25) is 0 Å². The molecule has 0 atom stereocenters. The van der Waals surface area contributed by atoms with Gasteiger partial charge in [-0.05, 0) is 57.4 Å². The average molecular weight is 401 g/mol. The van der Waals surface area contributed by atoms with Crippen molar-refractivity contribution in [3.05, 3.63) is 29.7 Å². The molecule has 0 amide bonds. The molecule has 0 aromatic carbocycles. The number of fused-ring (bicyclic) bond motifs is 4. The Labute approximate surface area is 169 Å². The zero-order chi connectivity index (χ0) is 20.1. The van der Waals surface area contributed by atoms with Crippen LogP contribution < -0.4 is 10.5 Å². The van der Waals surface area contributed by atoms with E-state index >= 15 is 0 Å². The van der Waals surface area contributed by atoms with Gasteiger partial charge in [0.2, 0.25) is 5.88 Å². The summed E-state index contributed by atoms with van der Waals surface area (Å²) >= 11 is 0. The summed E-state index contributed by atoms with van der Waals surface area (Å²) < 4.78 is 26.7. The molecule has 6 rings (SSSR count). The maximum Gasteiger partial charge on any atom is 0.213 e. The maximum absolute atomic E-state index is 14.7. The fraction of sp³-hybridized carbons (Fsp3) is 0.636. The molecule has 29 heavy (non-hydrogen) atoms. The van der Waals surface area contributed by atoms with Crippen LogP contribution in [0.15, 0.2) is 18.3 Å². The summed E-state index contributed by atoms with van der Waals surface area (Å²) in [5.74, 6) is 0.107. The van der Waals surface area contributed by atoms with Gasteiger partial charge >= 0.3 is 0 Å². The van der Waals surface area contributed by atoms with Crippen LogP contribution in [0.25, 0.3) is 11.0 Å². The van der Waals surface area contributed by atoms with Crippen molar-refractivity contribution in [1.29, 1.82) is 0 Å². The van der Waals surface area contributed by atoms with Crippen LogP contribution >= 0.6 is 0 Å². The van der Waals surface area contributed by atoms with Crippen LogP contribution in [0.1, 0.15) is 50.5 Å². The molecular formula is C22H28FN3O3. The zero-order valence-electron chi connectivity index (χ0n) is 16.6. The van der Waals surface area contributed by atoms with Crippen LogP contribution in [0.3, 0.4) is 0 Å². The molecule has 4 fully saturated rings. The predicted molar refractivity (Wildman–Crippen MR) is 106 cm³/mol. The number of hydrogen-bond donors (Lipinski definition) is 2. The summed E-state index contributed by atoms with van der Waals surface area (Å²) in [6, 6.07) is 3.58. The minimum Gasteiger partial charge on any atom is -0.477 e. The number of halogens is 1. The van der Waals surface area contributed by atoms with Gasteiger partial charge < -0.3 is 20.3 Å². The van der Waals surface area contributed by atoms with Gasteiger partial charge in [0.1, 0.15) is 5.82 Å². The van der Waals surface area contributed by atoms with Gasteiger partial charge in [0, 0.05) is 22.6 Å². The van der Waals surface area contributed by atoms with Gasteiger partial charge in [0.05, 0.1) is 42.7 Å². The summed E-state index contributed by atoms with van der Waals surface area (Å²) in [6.07, 6.45) is 8.29. The van der Waals surface area contributed by atoms with Crippen molar-refractivity contribution in [3.8, 4) is 5.88 Å². The molecule has 0 radical (unpaired) electrons. The molecule has 2 saturated carbocycles. The highest BCUT2D eigenvalue weighted by Gasteiger charge is 2.47. The van der Waals surface area contributed by atoms with Crippen molar-refractivity contribution in [2.75, 3.05) is 19.8 Å². The van der Waals surface area contributed by atoms with Gasteiger partial charge in [-0.15, -0.1) is 0 Å². The fourth-order valence-corrected chi connectivity index (χ4v) is 4.61. The lowest BCUT2D eigenvalue weighted by Gasteiger charge is -2.51. The van der Waals surface area contributed by atoms with E-state index in [1.54, 1.807) is 6.07 Å². The van der Waals surface area contributed by atoms with Gasteiger partial charge in [-0.3, -0.25) is 4.98 Å². The van der Waals surface area contributed by atoms with E-state index < -0.39 is 0 Å². The number of aliphatic hydroxyl groups is 1. The second kappa shape index (κ2) is 6.86. The number of ether oxygens (including phenoxy) is 2. The van der Waals surface area contributed by atoms with Crippen molar-refractivity contribution in [1.82, 2.24) is 9.97 Å². The molecule has 2 aliphatic heterocycles. The molecule has 7 heteroatoms. The number of nitrogens with zero attached hydrogens (tertiary/aromatic N) is 2. The molecule has 0 unspecified atom stereocenters. The number of aliphatic hydroxyl groups excluding tert-OH is 1. The number of rotatable bonds is 7. The number of pyridine rings is 2. The molecule has 3 N–H and O–H groups in total. The van der Waals surface area contributed by atoms with Crippen LogP contribution in [0, 0.1) is 11.2 Å². The SMILES string of the molecule is NC12CCC(CCc3c(F)cnc4ccc(OCC5(CO)CC5)nc34)(CC1)OC2. The summed E-state index contributed by atoms with van der Waals surface area (Å²) in [6.45, 7) is 1.14. The molecule has 4 heterocycles. The van der Waals surface area contributed by atoms with Gasteiger partial charge in [0.15, 0.2) is 0 Å². The second-order valence-corrected chi connectivity index (χ2v) is 9.38. The van der Waals surface area contributed by atoms with Crippen LogP contribution in [0.4, 0.5) is 4.39 Å². The Hall–Kier alpha value is -1.83. The Morgan fingerprint density at radius 2 is 1.97 bits per heavy atom. The van der Waals surface area contributed by atoms with Crippen molar-refractivity contribution in [3.63, 3.8) is 0 Å². The van der Waals surface area contributed by atoms with E-state index in [-0.39, 0.29) is 29.0 Å². The third-order valence-electron chi connectivity index (χ3n) is 7.21. The maximum atomic E-state index is 14.7. The van der Waals surface area contributed by atoms with E-state index in [4.69, 9.17) is 15.2 Å². The first kappa shape index (κ1) is 19.2. The highest BCUT2D eigenvalue weighted by Crippen LogP contribution is 2.46. The lowest BCUT2D eigenvalue weighted by atomic mass is 9.70. The van der Waals surface area contributed by atoms with E-state index in [2.05, 4.69) is 9.97 Å². The van der Waals surface area contributed by atoms with Crippen LogP contribution in [-0.2, 0) is 11.2 Å². The van der Waals surface area contributed by atoms with Crippen molar-refractivity contribution in [2.45, 2.75) is 62.5 Å². The molecule has 2 aromatic heterocycles. The third-order valence-corrected chi connectivity index (χ3v) is 7.21. The minimum absolute atomic E-state index is 0.119. The van der Waals surface area contributed by atoms with Crippen LogP contribution in [0.5, 0.6) is 5.88 Å². The number of nitrogens with two attached hydrogens (primary N) is 1. The monoisotopic (exact) mass is 401 g/mol. The van der Waals surface area contributed by atoms with E-state index in [9.17, 15) is 9.50 Å². The third kappa shape index (κ3) is 3.60. The smallest absolute Gasteiger partial charge is 0.213 e. The van der Waals surface area contributed by atoms with Crippen molar-refractivity contribution in [2.24, 2.45) is 11.1 Å². The number of aromatic nitrogens is 2. The highest BCUT2D eigenvalue weighted by molar-refractivity contribution is 5.78. The van der Waals surface area contributed by atoms with Crippen molar-refractivity contribution >= 4 is 11.0 Å². The van der Waals surface area contributed by atoms with Gasteiger partial charge in [-0.2, -0.15) is 0 Å². The van der Waals surface area contributed by atoms with Gasteiger partial charge in [0.25, 0.3) is 0 Å². The standard InChI is InChI=1S/C22H28FN3O3/c23-16-11-25-17-1-2-18(28-13-20(12-27)5-6-20)26-19(17)15(16)3-4-22-9-7-21(24,8-10-22)14-29-22/h1-2,11,27H,3-10,12-14,24H2. The van der Waals surface area contributed by atoms with E-state index in [0.717, 1.165) is 44.9 Å². The zero-order valence-corrected chi connectivity index (χ0v) is 16.6. The fourth-order valence-electron chi connectivity index (χ4n) is 4.61. The molecule has 2 saturated heterocycles. The first-order valence-corrected chi connectivity index (χ1v) is 10.5. The minimum atomic E-state index is -0.340. The molecule has 2 bridgehead atoms. The summed E-state index contributed by atoms with van der Waals surface area (Å²) in [5, 5.41) is 9.47. The average Bonchev–Trinajstić information content (AvgIpc) is 3.53. The van der Waals surface area contributed by atoms with Crippen molar-refractivity contribution < 1.29 is 19.0 Å². The Bertz CT molecular complexity index is 906. The number of hydrogen-bond acceptors (Lipinski definition) is 6. The molecule has 4 aliphatic rings. The first-order valence-electron chi connectivity index (χ1n) is 10.5. The predicted octanol–water partition coefficient (Wildman–Crippen LogP) is 2.89. The first-order chi connectivity index (χ1) is 13.9. The largest absolute Gasteiger partial charge is 0.477 e. The lowest BCUT2D eigenvalue weighted by molar-refractivity contribution is -0.156. The molecular weight excluding hydrogens is 373 g/mol. The molecule has 0 spiro atoms. The highest BCUT2D eigenvalue weighted by atomic mass is 19.1. The molecule has 2 aliphatic carbocycles. The molecule has 156 valence electrons. The Morgan fingerprint density at radius 3 is 2.62 bits per heavy atom. The van der Waals surface area contributed by atoms with Crippen LogP contribution in [-0.4, -0.2) is 46.0 Å². The van der Waals surface area contributed by atoms with E-state index in [0.29, 0.717) is 42.1 Å². The topological polar surface area (TPSA) is 90.5 Å². The Kier molecular flexibility index (Phi) is 4.53. The number of aryl methyl sites for hydroxylation is 1. The normalized spacial score (nSPS) is 29.9. The molecule has 6 nitrogen and oxygen atoms in total.